The Balaban J connectivity index is 1.83. The van der Waals surface area contributed by atoms with Crippen molar-refractivity contribution in [3.8, 4) is 11.5 Å². The zero-order valence-electron chi connectivity index (χ0n) is 14.9. The van der Waals surface area contributed by atoms with E-state index in [4.69, 9.17) is 9.47 Å². The zero-order valence-corrected chi connectivity index (χ0v) is 14.9. The molecule has 0 atom stereocenters. The molecule has 0 unspecified atom stereocenters. The lowest BCUT2D eigenvalue weighted by atomic mass is 10.1. The van der Waals surface area contributed by atoms with Crippen molar-refractivity contribution in [1.29, 1.82) is 0 Å². The van der Waals surface area contributed by atoms with Crippen molar-refractivity contribution in [2.45, 2.75) is 12.8 Å². The summed E-state index contributed by atoms with van der Waals surface area (Å²) < 4.78 is 23.0. The lowest BCUT2D eigenvalue weighted by Crippen LogP contribution is -2.41. The van der Waals surface area contributed by atoms with Crippen LogP contribution in [0.5, 0.6) is 11.5 Å². The molecule has 0 aliphatic heterocycles. The van der Waals surface area contributed by atoms with Crippen LogP contribution >= 0.6 is 0 Å². The van der Waals surface area contributed by atoms with Crippen molar-refractivity contribution < 1.29 is 28.2 Å². The molecule has 0 aliphatic carbocycles. The van der Waals surface area contributed by atoms with Gasteiger partial charge >= 0.3 is 0 Å². The van der Waals surface area contributed by atoms with Crippen molar-refractivity contribution in [3.05, 3.63) is 59.4 Å². The summed E-state index contributed by atoms with van der Waals surface area (Å²) in [7, 11) is 2.92. The highest BCUT2D eigenvalue weighted by atomic mass is 19.1. The van der Waals surface area contributed by atoms with Crippen molar-refractivity contribution in [3.63, 3.8) is 0 Å². The van der Waals surface area contributed by atoms with E-state index in [9.17, 15) is 18.8 Å². The Morgan fingerprint density at radius 1 is 0.852 bits per heavy atom. The Labute approximate surface area is 155 Å². The Bertz CT molecular complexity index is 836. The first-order valence-corrected chi connectivity index (χ1v) is 8.04. The maximum Gasteiger partial charge on any atom is 0.269 e. The summed E-state index contributed by atoms with van der Waals surface area (Å²) in [5.41, 5.74) is 5.08. The molecule has 142 valence electrons. The van der Waals surface area contributed by atoms with Gasteiger partial charge in [0.05, 0.1) is 14.2 Å². The van der Waals surface area contributed by atoms with Crippen LogP contribution in [0.1, 0.15) is 33.6 Å². The summed E-state index contributed by atoms with van der Waals surface area (Å²) in [4.78, 5) is 35.8. The second-order valence-corrected chi connectivity index (χ2v) is 5.50. The molecule has 7 nitrogen and oxygen atoms in total. The molecule has 2 amide bonds. The van der Waals surface area contributed by atoms with Gasteiger partial charge in [0, 0.05) is 24.0 Å². The first-order valence-electron chi connectivity index (χ1n) is 8.04. The fourth-order valence-electron chi connectivity index (χ4n) is 2.25. The number of ketones is 1. The van der Waals surface area contributed by atoms with E-state index in [1.54, 1.807) is 6.07 Å². The van der Waals surface area contributed by atoms with Gasteiger partial charge in [0.1, 0.15) is 5.82 Å². The number of nitrogens with one attached hydrogen (secondary N) is 2. The maximum atomic E-state index is 12.8. The van der Waals surface area contributed by atoms with Gasteiger partial charge in [-0.15, -0.1) is 0 Å². The lowest BCUT2D eigenvalue weighted by molar-refractivity contribution is -0.121. The van der Waals surface area contributed by atoms with Crippen LogP contribution in [0.15, 0.2) is 42.5 Å². The SMILES string of the molecule is COc1ccc(C(=O)NNC(=O)CCC(=O)c2ccc(F)cc2)cc1OC. The van der Waals surface area contributed by atoms with Crippen molar-refractivity contribution in [2.75, 3.05) is 14.2 Å². The molecule has 27 heavy (non-hydrogen) atoms. The van der Waals surface area contributed by atoms with E-state index in [1.165, 1.54) is 50.6 Å². The third-order valence-electron chi connectivity index (χ3n) is 3.71. The first kappa shape index (κ1) is 19.9. The van der Waals surface area contributed by atoms with Gasteiger partial charge in [-0.25, -0.2) is 4.39 Å². The van der Waals surface area contributed by atoms with E-state index in [-0.39, 0.29) is 24.2 Å². The van der Waals surface area contributed by atoms with Gasteiger partial charge in [0.25, 0.3) is 5.91 Å². The number of hydrogen-bond acceptors (Lipinski definition) is 5. The second kappa shape index (κ2) is 9.33. The average Bonchev–Trinajstić information content (AvgIpc) is 2.70. The summed E-state index contributed by atoms with van der Waals surface area (Å²) in [6, 6.07) is 9.62. The topological polar surface area (TPSA) is 93.7 Å². The highest BCUT2D eigenvalue weighted by Gasteiger charge is 2.13. The van der Waals surface area contributed by atoms with E-state index in [0.29, 0.717) is 17.1 Å². The number of rotatable bonds is 7. The van der Waals surface area contributed by atoms with Crippen LogP contribution in [0.3, 0.4) is 0 Å². The lowest BCUT2D eigenvalue weighted by Gasteiger charge is -2.10. The normalized spacial score (nSPS) is 10.0. The number of halogens is 1. The number of hydrogen-bond donors (Lipinski definition) is 2. The molecule has 0 aromatic heterocycles. The summed E-state index contributed by atoms with van der Waals surface area (Å²) >= 11 is 0. The number of hydrazine groups is 1. The molecule has 2 aromatic rings. The predicted molar refractivity (Wildman–Crippen MR) is 95.1 cm³/mol. The molecule has 0 saturated heterocycles. The van der Waals surface area contributed by atoms with E-state index in [1.807, 2.05) is 0 Å². The molecular formula is C19H19FN2O5. The number of carbonyl (C=O) groups excluding carboxylic acids is 3. The Kier molecular flexibility index (Phi) is 6.87. The largest absolute Gasteiger partial charge is 0.493 e. The third-order valence-corrected chi connectivity index (χ3v) is 3.71. The predicted octanol–water partition coefficient (Wildman–Crippen LogP) is 2.27. The van der Waals surface area contributed by atoms with Crippen molar-refractivity contribution in [1.82, 2.24) is 10.9 Å². The van der Waals surface area contributed by atoms with Gasteiger partial charge in [0.15, 0.2) is 17.3 Å². The van der Waals surface area contributed by atoms with Crippen molar-refractivity contribution >= 4 is 17.6 Å². The molecule has 0 aliphatic rings. The second-order valence-electron chi connectivity index (χ2n) is 5.50. The molecule has 0 heterocycles. The highest BCUT2D eigenvalue weighted by Crippen LogP contribution is 2.27. The number of ether oxygens (including phenoxy) is 2. The fourth-order valence-corrected chi connectivity index (χ4v) is 2.25. The van der Waals surface area contributed by atoms with E-state index in [2.05, 4.69) is 10.9 Å². The Morgan fingerprint density at radius 2 is 1.48 bits per heavy atom. The smallest absolute Gasteiger partial charge is 0.269 e. The standard InChI is InChI=1S/C19H19FN2O5/c1-26-16-9-5-13(11-17(16)27-2)19(25)22-21-18(24)10-8-15(23)12-3-6-14(20)7-4-12/h3-7,9,11H,8,10H2,1-2H3,(H,21,24)(H,22,25). The summed E-state index contributed by atoms with van der Waals surface area (Å²) in [6.45, 7) is 0. The summed E-state index contributed by atoms with van der Waals surface area (Å²) in [5, 5.41) is 0. The Morgan fingerprint density at radius 3 is 2.11 bits per heavy atom. The fraction of sp³-hybridized carbons (Fsp3) is 0.211. The monoisotopic (exact) mass is 374 g/mol. The van der Waals surface area contributed by atoms with Crippen LogP contribution in [-0.4, -0.2) is 31.8 Å². The number of Topliss-reactive ketones (excluding diaryl/α,β-unsaturated/α-hetero) is 1. The molecule has 2 N–H and O–H groups in total. The molecule has 0 bridgehead atoms. The minimum atomic E-state index is -0.547. The number of amides is 2. The van der Waals surface area contributed by atoms with E-state index >= 15 is 0 Å². The highest BCUT2D eigenvalue weighted by molar-refractivity contribution is 5.99. The molecule has 2 rings (SSSR count). The Hall–Kier alpha value is -3.42. The van der Waals surface area contributed by atoms with Crippen LogP contribution in [0.2, 0.25) is 0 Å². The van der Waals surface area contributed by atoms with Gasteiger partial charge < -0.3 is 9.47 Å². The molecule has 0 fully saturated rings. The molecule has 2 aromatic carbocycles. The van der Waals surface area contributed by atoms with Crippen LogP contribution in [0.25, 0.3) is 0 Å². The van der Waals surface area contributed by atoms with Gasteiger partial charge in [0.2, 0.25) is 5.91 Å². The molecule has 0 spiro atoms. The van der Waals surface area contributed by atoms with E-state index < -0.39 is 17.6 Å². The van der Waals surface area contributed by atoms with Crippen molar-refractivity contribution in [2.24, 2.45) is 0 Å². The van der Waals surface area contributed by atoms with Crippen LogP contribution in [-0.2, 0) is 4.79 Å². The third kappa shape index (κ3) is 5.53. The maximum absolute atomic E-state index is 12.8. The van der Waals surface area contributed by atoms with E-state index in [0.717, 1.165) is 0 Å². The average molecular weight is 374 g/mol. The summed E-state index contributed by atoms with van der Waals surface area (Å²) in [6.07, 6.45) is -0.188. The number of carbonyl (C=O) groups is 3. The first-order chi connectivity index (χ1) is 12.9. The number of benzene rings is 2. The molecule has 0 saturated carbocycles. The van der Waals surface area contributed by atoms with Gasteiger partial charge in [-0.3, -0.25) is 25.2 Å². The molecule has 0 radical (unpaired) electrons. The minimum absolute atomic E-state index is 0.0658. The van der Waals surface area contributed by atoms with Crippen LogP contribution in [0, 0.1) is 5.82 Å². The van der Waals surface area contributed by atoms with Gasteiger partial charge in [-0.1, -0.05) is 0 Å². The quantitative estimate of drug-likeness (QED) is 0.573. The minimum Gasteiger partial charge on any atom is -0.493 e. The molecular weight excluding hydrogens is 355 g/mol. The van der Waals surface area contributed by atoms with Gasteiger partial charge in [-0.05, 0) is 42.5 Å². The number of methoxy groups -OCH3 is 2. The van der Waals surface area contributed by atoms with Crippen LogP contribution < -0.4 is 20.3 Å². The molecule has 8 heteroatoms. The summed E-state index contributed by atoms with van der Waals surface area (Å²) in [5.74, 6) is -0.967. The zero-order chi connectivity index (χ0) is 19.8. The van der Waals surface area contributed by atoms with Crippen LogP contribution in [0.4, 0.5) is 4.39 Å². The van der Waals surface area contributed by atoms with Gasteiger partial charge in [-0.2, -0.15) is 0 Å².